The third-order valence-electron chi connectivity index (χ3n) is 4.54. The second-order valence-corrected chi connectivity index (χ2v) is 7.16. The van der Waals surface area contributed by atoms with E-state index in [1.807, 2.05) is 0 Å². The fourth-order valence-electron chi connectivity index (χ4n) is 3.05. The second kappa shape index (κ2) is 4.27. The quantitative estimate of drug-likeness (QED) is 0.820. The molecule has 2 rings (SSSR count). The lowest BCUT2D eigenvalue weighted by atomic mass is 9.80. The average molecular weight is 239 g/mol. The molecule has 1 N–H and O–H groups in total. The van der Waals surface area contributed by atoms with Crippen LogP contribution in [0.4, 0.5) is 0 Å². The summed E-state index contributed by atoms with van der Waals surface area (Å²) >= 11 is 0. The Hall–Kier alpha value is -0.570. The van der Waals surface area contributed by atoms with Crippen LogP contribution in [0.25, 0.3) is 0 Å². The number of likely N-dealkylation sites (tertiary alicyclic amines) is 1. The summed E-state index contributed by atoms with van der Waals surface area (Å²) in [5, 5.41) is 8.93. The van der Waals surface area contributed by atoms with Crippen molar-refractivity contribution in [3.05, 3.63) is 0 Å². The minimum absolute atomic E-state index is 0.124. The third kappa shape index (κ3) is 3.21. The molecule has 1 atom stereocenters. The SMILES string of the molecule is CC(C)(C)C1CCN(CC2(CC(=O)O)CC2)C1. The molecule has 1 saturated carbocycles. The van der Waals surface area contributed by atoms with Crippen molar-refractivity contribution in [2.45, 2.75) is 46.5 Å². The molecule has 17 heavy (non-hydrogen) atoms. The van der Waals surface area contributed by atoms with Crippen LogP contribution in [0.1, 0.15) is 46.5 Å². The predicted molar refractivity (Wildman–Crippen MR) is 67.9 cm³/mol. The number of aliphatic carboxylic acids is 1. The minimum atomic E-state index is -0.630. The average Bonchev–Trinajstić information content (AvgIpc) is 2.73. The topological polar surface area (TPSA) is 40.5 Å². The molecule has 0 aromatic heterocycles. The van der Waals surface area contributed by atoms with Gasteiger partial charge in [-0.25, -0.2) is 0 Å². The van der Waals surface area contributed by atoms with Gasteiger partial charge in [0.2, 0.25) is 0 Å². The fourth-order valence-corrected chi connectivity index (χ4v) is 3.05. The summed E-state index contributed by atoms with van der Waals surface area (Å²) in [4.78, 5) is 13.3. The molecular weight excluding hydrogens is 214 g/mol. The highest BCUT2D eigenvalue weighted by Gasteiger charge is 2.46. The van der Waals surface area contributed by atoms with E-state index in [0.717, 1.165) is 38.4 Å². The monoisotopic (exact) mass is 239 g/mol. The van der Waals surface area contributed by atoms with Gasteiger partial charge in [-0.3, -0.25) is 4.79 Å². The lowest BCUT2D eigenvalue weighted by Crippen LogP contribution is -2.31. The van der Waals surface area contributed by atoms with Gasteiger partial charge in [-0.1, -0.05) is 20.8 Å². The molecule has 0 bridgehead atoms. The molecule has 1 saturated heterocycles. The van der Waals surface area contributed by atoms with E-state index >= 15 is 0 Å². The van der Waals surface area contributed by atoms with Crippen LogP contribution in [0.3, 0.4) is 0 Å². The summed E-state index contributed by atoms with van der Waals surface area (Å²) in [7, 11) is 0. The van der Waals surface area contributed by atoms with Crippen LogP contribution >= 0.6 is 0 Å². The Morgan fingerprint density at radius 2 is 2.06 bits per heavy atom. The first-order valence-corrected chi connectivity index (χ1v) is 6.75. The molecule has 1 aliphatic heterocycles. The molecule has 0 radical (unpaired) electrons. The maximum Gasteiger partial charge on any atom is 0.303 e. The molecular formula is C14H25NO2. The molecule has 0 aromatic carbocycles. The van der Waals surface area contributed by atoms with Gasteiger partial charge in [0, 0.05) is 13.1 Å². The number of nitrogens with zero attached hydrogens (tertiary/aromatic N) is 1. The number of rotatable bonds is 4. The van der Waals surface area contributed by atoms with Crippen molar-refractivity contribution in [3.8, 4) is 0 Å². The normalized spacial score (nSPS) is 28.3. The number of carboxylic acids is 1. The van der Waals surface area contributed by atoms with Crippen LogP contribution in [-0.2, 0) is 4.79 Å². The van der Waals surface area contributed by atoms with E-state index in [1.165, 1.54) is 6.42 Å². The Morgan fingerprint density at radius 3 is 2.47 bits per heavy atom. The van der Waals surface area contributed by atoms with Crippen molar-refractivity contribution < 1.29 is 9.90 Å². The van der Waals surface area contributed by atoms with Crippen molar-refractivity contribution in [2.75, 3.05) is 19.6 Å². The van der Waals surface area contributed by atoms with Crippen LogP contribution in [0.5, 0.6) is 0 Å². The van der Waals surface area contributed by atoms with E-state index in [1.54, 1.807) is 0 Å². The molecule has 0 amide bonds. The van der Waals surface area contributed by atoms with Crippen molar-refractivity contribution in [3.63, 3.8) is 0 Å². The first kappa shape index (κ1) is 12.9. The summed E-state index contributed by atoms with van der Waals surface area (Å²) < 4.78 is 0. The van der Waals surface area contributed by atoms with Gasteiger partial charge >= 0.3 is 5.97 Å². The lowest BCUT2D eigenvalue weighted by molar-refractivity contribution is -0.138. The standard InChI is InChI=1S/C14H25NO2/c1-13(2,3)11-4-7-15(9-11)10-14(5-6-14)8-12(16)17/h11H,4-10H2,1-3H3,(H,16,17). The molecule has 3 heteroatoms. The Bertz CT molecular complexity index is 302. The van der Waals surface area contributed by atoms with Crippen molar-refractivity contribution in [1.82, 2.24) is 4.90 Å². The van der Waals surface area contributed by atoms with Gasteiger partial charge in [-0.2, -0.15) is 0 Å². The Labute approximate surface area is 104 Å². The van der Waals surface area contributed by atoms with E-state index < -0.39 is 5.97 Å². The summed E-state index contributed by atoms with van der Waals surface area (Å²) in [6.45, 7) is 10.3. The second-order valence-electron chi connectivity index (χ2n) is 7.16. The summed E-state index contributed by atoms with van der Waals surface area (Å²) in [6, 6.07) is 0. The van der Waals surface area contributed by atoms with E-state index in [-0.39, 0.29) is 5.41 Å². The summed E-state index contributed by atoms with van der Waals surface area (Å²) in [6.07, 6.45) is 3.85. The van der Waals surface area contributed by atoms with Crippen LogP contribution < -0.4 is 0 Å². The van der Waals surface area contributed by atoms with Gasteiger partial charge in [0.1, 0.15) is 0 Å². The van der Waals surface area contributed by atoms with Crippen molar-refractivity contribution in [2.24, 2.45) is 16.7 Å². The number of hydrogen-bond acceptors (Lipinski definition) is 2. The minimum Gasteiger partial charge on any atom is -0.481 e. The van der Waals surface area contributed by atoms with E-state index in [2.05, 4.69) is 25.7 Å². The summed E-state index contributed by atoms with van der Waals surface area (Å²) in [5.41, 5.74) is 0.511. The molecule has 3 nitrogen and oxygen atoms in total. The third-order valence-corrected chi connectivity index (χ3v) is 4.54. The zero-order valence-electron chi connectivity index (χ0n) is 11.3. The van der Waals surface area contributed by atoms with Crippen molar-refractivity contribution in [1.29, 1.82) is 0 Å². The van der Waals surface area contributed by atoms with Crippen LogP contribution in [0, 0.1) is 16.7 Å². The zero-order chi connectivity index (χ0) is 12.7. The summed E-state index contributed by atoms with van der Waals surface area (Å²) in [5.74, 6) is 0.136. The highest BCUT2D eigenvalue weighted by atomic mass is 16.4. The largest absolute Gasteiger partial charge is 0.481 e. The molecule has 2 fully saturated rings. The zero-order valence-corrected chi connectivity index (χ0v) is 11.3. The highest BCUT2D eigenvalue weighted by molar-refractivity contribution is 5.68. The molecule has 0 aromatic rings. The Kier molecular flexibility index (Phi) is 3.23. The highest BCUT2D eigenvalue weighted by Crippen LogP contribution is 2.50. The predicted octanol–water partition coefficient (Wildman–Crippen LogP) is 2.61. The maximum absolute atomic E-state index is 10.8. The van der Waals surface area contributed by atoms with E-state index in [9.17, 15) is 4.79 Å². The van der Waals surface area contributed by atoms with E-state index in [4.69, 9.17) is 5.11 Å². The van der Waals surface area contributed by atoms with E-state index in [0.29, 0.717) is 11.8 Å². The van der Waals surface area contributed by atoms with Gasteiger partial charge < -0.3 is 10.0 Å². The number of carbonyl (C=O) groups is 1. The molecule has 1 aliphatic carbocycles. The molecule has 98 valence electrons. The lowest BCUT2D eigenvalue weighted by Gasteiger charge is -2.28. The first-order chi connectivity index (χ1) is 7.81. The molecule has 1 heterocycles. The molecule has 0 spiro atoms. The Morgan fingerprint density at radius 1 is 1.41 bits per heavy atom. The number of hydrogen-bond donors (Lipinski definition) is 1. The molecule has 2 aliphatic rings. The van der Waals surface area contributed by atoms with Gasteiger partial charge in [-0.15, -0.1) is 0 Å². The van der Waals surface area contributed by atoms with Gasteiger partial charge in [0.15, 0.2) is 0 Å². The maximum atomic E-state index is 10.8. The fraction of sp³-hybridized carbons (Fsp3) is 0.929. The van der Waals surface area contributed by atoms with Crippen molar-refractivity contribution >= 4 is 5.97 Å². The number of carboxylic acid groups (broad SMARTS) is 1. The Balaban J connectivity index is 1.84. The smallest absolute Gasteiger partial charge is 0.303 e. The van der Waals surface area contributed by atoms with Crippen LogP contribution in [0.2, 0.25) is 0 Å². The van der Waals surface area contributed by atoms with Gasteiger partial charge in [0.05, 0.1) is 6.42 Å². The van der Waals surface area contributed by atoms with Crippen LogP contribution in [0.15, 0.2) is 0 Å². The molecule has 1 unspecified atom stereocenters. The first-order valence-electron chi connectivity index (χ1n) is 6.75. The van der Waals surface area contributed by atoms with Gasteiger partial charge in [0.25, 0.3) is 0 Å². The van der Waals surface area contributed by atoms with Crippen LogP contribution in [-0.4, -0.2) is 35.6 Å². The van der Waals surface area contributed by atoms with Gasteiger partial charge in [-0.05, 0) is 42.6 Å².